The van der Waals surface area contributed by atoms with E-state index in [0.29, 0.717) is 12.1 Å². The molecular weight excluding hydrogens is 405 g/mol. The highest BCUT2D eigenvalue weighted by Crippen LogP contribution is 2.17. The molecule has 1 aromatic carbocycles. The number of anilines is 1. The van der Waals surface area contributed by atoms with Gasteiger partial charge >= 0.3 is 12.1 Å². The van der Waals surface area contributed by atoms with Gasteiger partial charge in [-0.3, -0.25) is 9.59 Å². The summed E-state index contributed by atoms with van der Waals surface area (Å²) in [6.07, 6.45) is 0.511. The fraction of sp³-hybridized carbons (Fsp3) is 0.450. The van der Waals surface area contributed by atoms with Gasteiger partial charge in [0.1, 0.15) is 11.5 Å². The third-order valence-electron chi connectivity index (χ3n) is 4.32. The van der Waals surface area contributed by atoms with Crippen molar-refractivity contribution >= 4 is 23.3 Å². The molecule has 1 heterocycles. The summed E-state index contributed by atoms with van der Waals surface area (Å²) in [5.41, 5.74) is 0.711. The van der Waals surface area contributed by atoms with E-state index >= 15 is 0 Å². The van der Waals surface area contributed by atoms with Crippen molar-refractivity contribution in [2.45, 2.75) is 38.4 Å². The Hall–Kier alpha value is -2.88. The summed E-state index contributed by atoms with van der Waals surface area (Å²) in [6, 6.07) is 7.17. The number of hydrogen-bond donors (Lipinski definition) is 3. The number of amides is 1. The maximum absolute atomic E-state index is 12.0. The molecule has 0 aliphatic carbocycles. The van der Waals surface area contributed by atoms with Gasteiger partial charge in [0.15, 0.2) is 0 Å². The molecule has 10 heteroatoms. The second-order valence-electron chi connectivity index (χ2n) is 6.51. The van der Waals surface area contributed by atoms with Gasteiger partial charge in [-0.1, -0.05) is 13.0 Å². The zero-order chi connectivity index (χ0) is 22.7. The normalized spacial score (nSPS) is 16.6. The molecule has 1 saturated heterocycles. The van der Waals surface area contributed by atoms with E-state index in [-0.39, 0.29) is 23.7 Å². The molecule has 1 aromatic rings. The number of hydrogen-bond acceptors (Lipinski definition) is 5. The second-order valence-corrected chi connectivity index (χ2v) is 6.51. The lowest BCUT2D eigenvalue weighted by Gasteiger charge is -2.27. The number of nitrogens with one attached hydrogen (secondary N) is 2. The minimum atomic E-state index is -5.08. The third-order valence-corrected chi connectivity index (χ3v) is 4.32. The van der Waals surface area contributed by atoms with Gasteiger partial charge in [0.25, 0.3) is 0 Å². The number of carbonyl (C=O) groups is 3. The van der Waals surface area contributed by atoms with Gasteiger partial charge in [0.2, 0.25) is 5.91 Å². The monoisotopic (exact) mass is 430 g/mol. The van der Waals surface area contributed by atoms with Crippen molar-refractivity contribution in [1.82, 2.24) is 5.32 Å². The maximum atomic E-state index is 12.0. The number of ketones is 1. The van der Waals surface area contributed by atoms with E-state index in [2.05, 4.69) is 10.6 Å². The molecule has 0 aromatic heterocycles. The van der Waals surface area contributed by atoms with Crippen LogP contribution in [0.15, 0.2) is 36.4 Å². The highest BCUT2D eigenvalue weighted by atomic mass is 19.4. The highest BCUT2D eigenvalue weighted by molar-refractivity contribution is 5.99. The van der Waals surface area contributed by atoms with E-state index in [1.54, 1.807) is 31.4 Å². The lowest BCUT2D eigenvalue weighted by atomic mass is 9.92. The van der Waals surface area contributed by atoms with E-state index in [9.17, 15) is 22.8 Å². The first-order chi connectivity index (χ1) is 14.1. The van der Waals surface area contributed by atoms with Crippen LogP contribution in [0.3, 0.4) is 0 Å². The molecule has 2 rings (SSSR count). The first-order valence-corrected chi connectivity index (χ1v) is 9.26. The number of ether oxygens (including phenoxy) is 1. The average Bonchev–Trinajstić information content (AvgIpc) is 2.64. The second kappa shape index (κ2) is 12.0. The van der Waals surface area contributed by atoms with Gasteiger partial charge in [-0.15, -0.1) is 0 Å². The number of methoxy groups -OCH3 is 1. The molecule has 0 bridgehead atoms. The van der Waals surface area contributed by atoms with Crippen LogP contribution in [0, 0.1) is 5.92 Å². The van der Waals surface area contributed by atoms with Crippen molar-refractivity contribution in [2.24, 2.45) is 5.92 Å². The number of Topliss-reactive ketones (excluding diaryl/α,β-unsaturated/α-hetero) is 1. The molecule has 1 aliphatic rings. The number of allylic oxidation sites excluding steroid dienone is 1. The Morgan fingerprint density at radius 2 is 1.87 bits per heavy atom. The Balaban J connectivity index is 0.000000553. The van der Waals surface area contributed by atoms with Gasteiger partial charge in [-0.2, -0.15) is 13.2 Å². The molecule has 7 nitrogen and oxygen atoms in total. The summed E-state index contributed by atoms with van der Waals surface area (Å²) in [5, 5.41) is 13.0. The summed E-state index contributed by atoms with van der Waals surface area (Å²) in [7, 11) is 1.60. The van der Waals surface area contributed by atoms with Gasteiger partial charge in [0.05, 0.1) is 13.2 Å². The Labute approximate surface area is 172 Å². The standard InChI is InChI=1S/C18H24N2O3.C2HF3O2/c1-3-13(12-17(21)16-10-11-19-16)4-9-18(22)20-14-5-7-15(23-2)8-6-14;3-2(4,5)1(6)7/h4-9,13,16,19H,3,10-12H2,1-2H3,(H,20,22);(H,6,7)/b9-4+;/t13-,16-;/m0./s1. The molecule has 1 aliphatic heterocycles. The fourth-order valence-corrected chi connectivity index (χ4v) is 2.39. The van der Waals surface area contributed by atoms with Crippen LogP contribution in [0.5, 0.6) is 5.75 Å². The topological polar surface area (TPSA) is 105 Å². The first-order valence-electron chi connectivity index (χ1n) is 9.26. The number of rotatable bonds is 8. The Kier molecular flexibility index (Phi) is 10.0. The van der Waals surface area contributed by atoms with Gasteiger partial charge < -0.3 is 20.5 Å². The number of carbonyl (C=O) groups excluding carboxylic acids is 2. The highest BCUT2D eigenvalue weighted by Gasteiger charge is 2.38. The molecule has 3 N–H and O–H groups in total. The molecule has 0 spiro atoms. The molecule has 0 unspecified atom stereocenters. The molecular formula is C20H25F3N2O5. The lowest BCUT2D eigenvalue weighted by Crippen LogP contribution is -2.48. The minimum Gasteiger partial charge on any atom is -0.497 e. The van der Waals surface area contributed by atoms with Crippen LogP contribution in [0.2, 0.25) is 0 Å². The van der Waals surface area contributed by atoms with E-state index in [1.165, 1.54) is 6.08 Å². The van der Waals surface area contributed by atoms with Gasteiger partial charge in [0, 0.05) is 12.1 Å². The molecule has 2 atom stereocenters. The smallest absolute Gasteiger partial charge is 0.490 e. The average molecular weight is 430 g/mol. The van der Waals surface area contributed by atoms with Crippen molar-refractivity contribution in [3.05, 3.63) is 36.4 Å². The van der Waals surface area contributed by atoms with E-state index < -0.39 is 12.1 Å². The van der Waals surface area contributed by atoms with Crippen LogP contribution in [-0.4, -0.2) is 48.6 Å². The summed E-state index contributed by atoms with van der Waals surface area (Å²) in [5.74, 6) is -1.86. The van der Waals surface area contributed by atoms with Crippen LogP contribution in [0.25, 0.3) is 0 Å². The van der Waals surface area contributed by atoms with Crippen molar-refractivity contribution < 1.29 is 37.4 Å². The van der Waals surface area contributed by atoms with E-state index in [0.717, 1.165) is 25.1 Å². The van der Waals surface area contributed by atoms with E-state index in [4.69, 9.17) is 14.6 Å². The zero-order valence-corrected chi connectivity index (χ0v) is 16.7. The SMILES string of the molecule is CC[C@@H](/C=C/C(=O)Nc1ccc(OC)cc1)CC(=O)[C@@H]1CCN1.O=C(O)C(F)(F)F. The Morgan fingerprint density at radius 3 is 2.27 bits per heavy atom. The lowest BCUT2D eigenvalue weighted by molar-refractivity contribution is -0.192. The summed E-state index contributed by atoms with van der Waals surface area (Å²) >= 11 is 0. The van der Waals surface area contributed by atoms with Gasteiger partial charge in [-0.05, 0) is 55.6 Å². The number of alkyl halides is 3. The number of carboxylic acid groups (broad SMARTS) is 1. The largest absolute Gasteiger partial charge is 0.497 e. The van der Waals surface area contributed by atoms with E-state index in [1.807, 2.05) is 13.0 Å². The zero-order valence-electron chi connectivity index (χ0n) is 16.7. The summed E-state index contributed by atoms with van der Waals surface area (Å²) in [4.78, 5) is 32.8. The van der Waals surface area contributed by atoms with Crippen molar-refractivity contribution in [2.75, 3.05) is 19.0 Å². The molecule has 0 radical (unpaired) electrons. The Morgan fingerprint density at radius 1 is 1.30 bits per heavy atom. The quantitative estimate of drug-likeness (QED) is 0.548. The first kappa shape index (κ1) is 25.2. The van der Waals surface area contributed by atoms with Crippen LogP contribution in [-0.2, 0) is 14.4 Å². The number of benzene rings is 1. The fourth-order valence-electron chi connectivity index (χ4n) is 2.39. The van der Waals surface area contributed by atoms with Crippen molar-refractivity contribution in [3.8, 4) is 5.75 Å². The third kappa shape index (κ3) is 9.08. The summed E-state index contributed by atoms with van der Waals surface area (Å²) in [6.45, 7) is 2.95. The molecule has 1 fully saturated rings. The summed E-state index contributed by atoms with van der Waals surface area (Å²) < 4.78 is 36.8. The number of halogens is 3. The number of aliphatic carboxylic acids is 1. The predicted molar refractivity (Wildman–Crippen MR) is 104 cm³/mol. The predicted octanol–water partition coefficient (Wildman–Crippen LogP) is 3.17. The van der Waals surface area contributed by atoms with Gasteiger partial charge in [-0.25, -0.2) is 4.79 Å². The minimum absolute atomic E-state index is 0.0191. The van der Waals surface area contributed by atoms with Crippen LogP contribution < -0.4 is 15.4 Å². The van der Waals surface area contributed by atoms with Crippen LogP contribution in [0.1, 0.15) is 26.2 Å². The van der Waals surface area contributed by atoms with Crippen LogP contribution in [0.4, 0.5) is 18.9 Å². The van der Waals surface area contributed by atoms with Crippen molar-refractivity contribution in [1.29, 1.82) is 0 Å². The molecule has 30 heavy (non-hydrogen) atoms. The molecule has 0 saturated carbocycles. The molecule has 166 valence electrons. The number of carboxylic acids is 1. The van der Waals surface area contributed by atoms with Crippen LogP contribution >= 0.6 is 0 Å². The maximum Gasteiger partial charge on any atom is 0.490 e. The Bertz CT molecular complexity index is 744. The molecule has 1 amide bonds. The van der Waals surface area contributed by atoms with Crippen molar-refractivity contribution in [3.63, 3.8) is 0 Å².